The van der Waals surface area contributed by atoms with Crippen molar-refractivity contribution in [1.82, 2.24) is 9.38 Å². The molecule has 0 atom stereocenters. The first kappa shape index (κ1) is 35.3. The molecule has 5 heteroatoms. The predicted octanol–water partition coefficient (Wildman–Crippen LogP) is 16.9. The molecule has 4 heterocycles. The minimum absolute atomic E-state index is 0.129. The van der Waals surface area contributed by atoms with E-state index in [4.69, 9.17) is 4.98 Å². The Kier molecular flexibility index (Phi) is 7.21. The molecule has 13 aromatic rings. The van der Waals surface area contributed by atoms with E-state index in [2.05, 4.69) is 211 Å². The molecule has 0 saturated heterocycles. The Morgan fingerprint density at radius 1 is 0.460 bits per heavy atom. The van der Waals surface area contributed by atoms with Gasteiger partial charge in [0.2, 0.25) is 0 Å². The first-order chi connectivity index (χ1) is 31.0. The van der Waals surface area contributed by atoms with Gasteiger partial charge >= 0.3 is 0 Å². The third-order valence-corrected chi connectivity index (χ3v) is 16.1. The second-order valence-electron chi connectivity index (χ2n) is 17.5. The third kappa shape index (κ3) is 4.92. The van der Waals surface area contributed by atoms with Gasteiger partial charge in [0, 0.05) is 69.8 Å². The number of thiazole rings is 1. The average Bonchev–Trinajstić information content (AvgIpc) is 4.13. The summed E-state index contributed by atoms with van der Waals surface area (Å²) in [6.45, 7) is 4.73. The molecule has 9 aromatic carbocycles. The Labute approximate surface area is 371 Å². The Hall–Kier alpha value is -7.31. The van der Waals surface area contributed by atoms with Gasteiger partial charge in [-0.1, -0.05) is 141 Å². The minimum Gasteiger partial charge on any atom is -0.310 e. The van der Waals surface area contributed by atoms with E-state index in [1.165, 1.54) is 96.3 Å². The predicted molar refractivity (Wildman–Crippen MR) is 270 cm³/mol. The highest BCUT2D eigenvalue weighted by Crippen LogP contribution is 2.52. The maximum atomic E-state index is 5.30. The molecule has 296 valence electrons. The number of benzene rings is 9. The van der Waals surface area contributed by atoms with Crippen LogP contribution in [0.1, 0.15) is 25.0 Å². The van der Waals surface area contributed by atoms with Gasteiger partial charge in [0.15, 0.2) is 0 Å². The quantitative estimate of drug-likeness (QED) is 0.172. The molecule has 0 spiro atoms. The van der Waals surface area contributed by atoms with E-state index in [9.17, 15) is 0 Å². The Balaban J connectivity index is 0.986. The van der Waals surface area contributed by atoms with Gasteiger partial charge in [0.05, 0.1) is 26.8 Å². The summed E-state index contributed by atoms with van der Waals surface area (Å²) >= 11 is 3.68. The summed E-state index contributed by atoms with van der Waals surface area (Å²) in [6, 6.07) is 69.6. The van der Waals surface area contributed by atoms with Gasteiger partial charge in [-0.05, 0) is 94.0 Å². The van der Waals surface area contributed by atoms with Crippen LogP contribution in [0.15, 0.2) is 188 Å². The van der Waals surface area contributed by atoms with Crippen LogP contribution in [0.3, 0.4) is 0 Å². The van der Waals surface area contributed by atoms with Crippen LogP contribution in [0.4, 0.5) is 17.1 Å². The highest BCUT2D eigenvalue weighted by molar-refractivity contribution is 7.26. The van der Waals surface area contributed by atoms with Gasteiger partial charge in [-0.15, -0.1) is 22.7 Å². The smallest absolute Gasteiger partial charge is 0.124 e. The normalized spacial score (nSPS) is 13.4. The molecule has 1 aliphatic rings. The van der Waals surface area contributed by atoms with Gasteiger partial charge in [0.25, 0.3) is 0 Å². The molecule has 0 N–H and O–H groups in total. The Morgan fingerprint density at radius 3 is 2.03 bits per heavy atom. The van der Waals surface area contributed by atoms with Gasteiger partial charge in [-0.3, -0.25) is 0 Å². The second-order valence-corrected chi connectivity index (χ2v) is 19.5. The summed E-state index contributed by atoms with van der Waals surface area (Å²) in [5.41, 5.74) is 17.0. The summed E-state index contributed by atoms with van der Waals surface area (Å²) in [7, 11) is 0. The maximum absolute atomic E-state index is 5.30. The van der Waals surface area contributed by atoms with Crippen LogP contribution in [0.5, 0.6) is 0 Å². The van der Waals surface area contributed by atoms with Gasteiger partial charge in [0.1, 0.15) is 5.01 Å². The zero-order valence-corrected chi connectivity index (χ0v) is 36.2. The van der Waals surface area contributed by atoms with Crippen molar-refractivity contribution >= 4 is 108 Å². The molecule has 0 amide bonds. The first-order valence-corrected chi connectivity index (χ1v) is 23.2. The highest BCUT2D eigenvalue weighted by Gasteiger charge is 2.36. The highest BCUT2D eigenvalue weighted by atomic mass is 32.1. The fourth-order valence-corrected chi connectivity index (χ4v) is 13.2. The van der Waals surface area contributed by atoms with Crippen molar-refractivity contribution in [2.24, 2.45) is 0 Å². The molecule has 4 aromatic heterocycles. The molecule has 63 heavy (non-hydrogen) atoms. The summed E-state index contributed by atoms with van der Waals surface area (Å²) in [5, 5.41) is 8.70. The van der Waals surface area contributed by atoms with E-state index >= 15 is 0 Å². The van der Waals surface area contributed by atoms with Crippen LogP contribution >= 0.6 is 22.7 Å². The number of hydrogen-bond acceptors (Lipinski definition) is 4. The lowest BCUT2D eigenvalue weighted by Gasteiger charge is -2.28. The number of thiophene rings is 1. The molecular weight excluding hydrogens is 803 g/mol. The number of anilines is 3. The standard InChI is InChI=1S/C58H37N3S2/c1-58(2)47-20-9-6-15-40(47)41-29-27-38(32-48(41)58)60(36-25-23-34(24-26-36)39-18-12-19-43-42-16-8-11-22-52(42)62-55(39)43)37-28-30-51-45(31-37)46-33-49-56(63-57(59-49)35-13-4-3-5-14-35)53-44-17-7-10-21-50(44)61(51)54(46)53/h3-33H,1-2H3. The molecule has 0 bridgehead atoms. The summed E-state index contributed by atoms with van der Waals surface area (Å²) in [4.78, 5) is 7.76. The Bertz CT molecular complexity index is 4000. The average molecular weight is 840 g/mol. The van der Waals surface area contributed by atoms with Crippen LogP contribution in [0.2, 0.25) is 0 Å². The lowest BCUT2D eigenvalue weighted by Crippen LogP contribution is -2.16. The van der Waals surface area contributed by atoms with E-state index in [1.54, 1.807) is 11.3 Å². The monoisotopic (exact) mass is 839 g/mol. The Morgan fingerprint density at radius 2 is 1.14 bits per heavy atom. The topological polar surface area (TPSA) is 20.5 Å². The van der Waals surface area contributed by atoms with Crippen molar-refractivity contribution < 1.29 is 0 Å². The van der Waals surface area contributed by atoms with Gasteiger partial charge < -0.3 is 9.30 Å². The van der Waals surface area contributed by atoms with E-state index in [1.807, 2.05) is 11.3 Å². The van der Waals surface area contributed by atoms with Crippen molar-refractivity contribution in [1.29, 1.82) is 0 Å². The number of aromatic nitrogens is 2. The molecule has 0 unspecified atom stereocenters. The minimum atomic E-state index is -0.129. The molecule has 0 fully saturated rings. The van der Waals surface area contributed by atoms with Crippen molar-refractivity contribution in [2.75, 3.05) is 4.90 Å². The van der Waals surface area contributed by atoms with Crippen molar-refractivity contribution in [3.63, 3.8) is 0 Å². The SMILES string of the molecule is CC1(C)c2ccccc2-c2ccc(N(c3ccc(-c4cccc5c4sc4ccccc45)cc3)c3ccc4c(c3)c3cc5nc(-c6ccccc6)sc5c5c6ccccc6n4c35)cc21. The number of rotatable bonds is 5. The van der Waals surface area contributed by atoms with Crippen LogP contribution in [-0.4, -0.2) is 9.38 Å². The molecule has 14 rings (SSSR count). The van der Waals surface area contributed by atoms with Crippen molar-refractivity contribution in [3.05, 3.63) is 199 Å². The molecule has 0 radical (unpaired) electrons. The maximum Gasteiger partial charge on any atom is 0.124 e. The molecule has 1 aliphatic carbocycles. The zero-order valence-electron chi connectivity index (χ0n) is 34.6. The van der Waals surface area contributed by atoms with E-state index in [0.717, 1.165) is 33.1 Å². The van der Waals surface area contributed by atoms with E-state index < -0.39 is 0 Å². The van der Waals surface area contributed by atoms with Crippen LogP contribution < -0.4 is 4.90 Å². The zero-order chi connectivity index (χ0) is 41.6. The largest absolute Gasteiger partial charge is 0.310 e. The van der Waals surface area contributed by atoms with Crippen LogP contribution in [0, 0.1) is 0 Å². The molecule has 0 saturated carbocycles. The fraction of sp³-hybridized carbons (Fsp3) is 0.0517. The summed E-state index contributed by atoms with van der Waals surface area (Å²) < 4.78 is 6.38. The fourth-order valence-electron chi connectivity index (χ4n) is 10.8. The van der Waals surface area contributed by atoms with Crippen LogP contribution in [0.25, 0.3) is 101 Å². The molecule has 3 nitrogen and oxygen atoms in total. The first-order valence-electron chi connectivity index (χ1n) is 21.6. The van der Waals surface area contributed by atoms with Gasteiger partial charge in [-0.2, -0.15) is 0 Å². The van der Waals surface area contributed by atoms with Crippen molar-refractivity contribution in [3.8, 4) is 32.8 Å². The summed E-state index contributed by atoms with van der Waals surface area (Å²) in [6.07, 6.45) is 0. The second kappa shape index (κ2) is 12.9. The number of fused-ring (bicyclic) bond motifs is 14. The number of hydrogen-bond donors (Lipinski definition) is 0. The number of para-hydroxylation sites is 1. The summed E-state index contributed by atoms with van der Waals surface area (Å²) in [5.74, 6) is 0. The van der Waals surface area contributed by atoms with Gasteiger partial charge in [-0.25, -0.2) is 4.98 Å². The van der Waals surface area contributed by atoms with E-state index in [0.29, 0.717) is 0 Å². The molecular formula is C58H37N3S2. The van der Waals surface area contributed by atoms with Crippen molar-refractivity contribution in [2.45, 2.75) is 19.3 Å². The van der Waals surface area contributed by atoms with Crippen LogP contribution in [-0.2, 0) is 5.41 Å². The van der Waals surface area contributed by atoms with E-state index in [-0.39, 0.29) is 5.41 Å². The lowest BCUT2D eigenvalue weighted by molar-refractivity contribution is 0.660. The number of nitrogens with zero attached hydrogens (tertiary/aromatic N) is 3. The molecule has 0 aliphatic heterocycles. The lowest BCUT2D eigenvalue weighted by atomic mass is 9.82. The third-order valence-electron chi connectivity index (χ3n) is 13.7.